The molecule has 1 saturated carbocycles. The van der Waals surface area contributed by atoms with Gasteiger partial charge in [0, 0.05) is 36.3 Å². The monoisotopic (exact) mass is 379 g/mol. The van der Waals surface area contributed by atoms with E-state index in [0.717, 1.165) is 62.0 Å². The van der Waals surface area contributed by atoms with Gasteiger partial charge >= 0.3 is 0 Å². The Morgan fingerprint density at radius 1 is 1.25 bits per heavy atom. The van der Waals surface area contributed by atoms with Gasteiger partial charge in [0.1, 0.15) is 0 Å². The number of pyridine rings is 1. The zero-order chi connectivity index (χ0) is 19.3. The van der Waals surface area contributed by atoms with Gasteiger partial charge in [0.15, 0.2) is 0 Å². The van der Waals surface area contributed by atoms with E-state index in [0.29, 0.717) is 23.1 Å². The summed E-state index contributed by atoms with van der Waals surface area (Å²) in [4.78, 5) is 20.0. The van der Waals surface area contributed by atoms with E-state index in [1.165, 1.54) is 11.3 Å². The first kappa shape index (κ1) is 17.4. The molecule has 2 fully saturated rings. The van der Waals surface area contributed by atoms with Crippen molar-refractivity contribution in [2.75, 3.05) is 13.1 Å². The Morgan fingerprint density at radius 2 is 2.04 bits per heavy atom. The first-order valence-electron chi connectivity index (χ1n) is 10.2. The quantitative estimate of drug-likeness (QED) is 0.746. The van der Waals surface area contributed by atoms with Crippen molar-refractivity contribution < 1.29 is 9.32 Å². The molecule has 3 aromatic rings. The number of hydrogen-bond acceptors (Lipinski definition) is 5. The van der Waals surface area contributed by atoms with E-state index in [-0.39, 0.29) is 5.91 Å². The van der Waals surface area contributed by atoms with E-state index in [1.54, 1.807) is 0 Å². The number of amides is 1. The lowest BCUT2D eigenvalue weighted by Gasteiger charge is -2.32. The van der Waals surface area contributed by atoms with Crippen LogP contribution >= 0.6 is 0 Å². The molecule has 0 atom stereocenters. The average molecular weight is 379 g/mol. The molecule has 1 aliphatic carbocycles. The molecule has 3 aromatic heterocycles. The van der Waals surface area contributed by atoms with Gasteiger partial charge in [-0.2, -0.15) is 5.10 Å². The van der Waals surface area contributed by atoms with E-state index in [1.807, 2.05) is 24.1 Å². The molecule has 2 aliphatic rings. The zero-order valence-electron chi connectivity index (χ0n) is 16.4. The topological polar surface area (TPSA) is 87.9 Å². The number of carbonyl (C=O) groups is 1. The Kier molecular flexibility index (Phi) is 4.18. The third kappa shape index (κ3) is 2.89. The highest BCUT2D eigenvalue weighted by Crippen LogP contribution is 2.41. The molecule has 7 nitrogen and oxygen atoms in total. The second-order valence-electron chi connectivity index (χ2n) is 8.05. The first-order valence-corrected chi connectivity index (χ1v) is 10.2. The predicted octanol–water partition coefficient (Wildman–Crippen LogP) is 3.71. The minimum atomic E-state index is 0.0689. The summed E-state index contributed by atoms with van der Waals surface area (Å²) in [6.07, 6.45) is 7.08. The largest absolute Gasteiger partial charge is 0.339 e. The van der Waals surface area contributed by atoms with Crippen LogP contribution in [0.1, 0.15) is 77.4 Å². The Morgan fingerprint density at radius 3 is 2.75 bits per heavy atom. The highest BCUT2D eigenvalue weighted by atomic mass is 16.5. The molecule has 5 rings (SSSR count). The molecule has 1 N–H and O–H groups in total. The third-order valence-corrected chi connectivity index (χ3v) is 6.19. The molecule has 0 spiro atoms. The second kappa shape index (κ2) is 6.72. The van der Waals surface area contributed by atoms with E-state index < -0.39 is 0 Å². The summed E-state index contributed by atoms with van der Waals surface area (Å²) in [5.41, 5.74) is 5.41. The summed E-state index contributed by atoms with van der Waals surface area (Å²) in [6.45, 7) is 5.52. The molecule has 0 aromatic carbocycles. The number of fused-ring (bicyclic) bond motifs is 1. The van der Waals surface area contributed by atoms with Crippen molar-refractivity contribution in [3.8, 4) is 0 Å². The molecular weight excluding hydrogens is 354 g/mol. The second-order valence-corrected chi connectivity index (χ2v) is 8.05. The van der Waals surface area contributed by atoms with Gasteiger partial charge in [0.05, 0.1) is 22.8 Å². The number of nitrogens with one attached hydrogen (secondary N) is 1. The van der Waals surface area contributed by atoms with Crippen LogP contribution < -0.4 is 0 Å². The number of aromatic nitrogens is 4. The van der Waals surface area contributed by atoms with E-state index in [9.17, 15) is 4.79 Å². The summed E-state index contributed by atoms with van der Waals surface area (Å²) >= 11 is 0. The Hall–Kier alpha value is -2.70. The molecule has 7 heteroatoms. The maximum absolute atomic E-state index is 13.4. The van der Waals surface area contributed by atoms with Crippen molar-refractivity contribution >= 4 is 17.0 Å². The van der Waals surface area contributed by atoms with Crippen LogP contribution in [0.25, 0.3) is 11.1 Å². The van der Waals surface area contributed by atoms with Gasteiger partial charge in [0.2, 0.25) is 0 Å². The van der Waals surface area contributed by atoms with Crippen molar-refractivity contribution in [1.82, 2.24) is 25.2 Å². The lowest BCUT2D eigenvalue weighted by Crippen LogP contribution is -2.38. The van der Waals surface area contributed by atoms with Gasteiger partial charge in [0.25, 0.3) is 11.6 Å². The maximum Gasteiger partial charge on any atom is 0.259 e. The van der Waals surface area contributed by atoms with Crippen molar-refractivity contribution in [2.24, 2.45) is 0 Å². The normalized spacial score (nSPS) is 18.1. The number of nitrogens with zero attached hydrogens (tertiary/aromatic N) is 4. The molecule has 0 bridgehead atoms. The zero-order valence-corrected chi connectivity index (χ0v) is 16.4. The Bertz CT molecular complexity index is 1020. The van der Waals surface area contributed by atoms with Crippen LogP contribution in [0.15, 0.2) is 16.8 Å². The fourth-order valence-electron chi connectivity index (χ4n) is 4.37. The summed E-state index contributed by atoms with van der Waals surface area (Å²) in [5, 5.41) is 12.2. The van der Waals surface area contributed by atoms with Crippen molar-refractivity contribution in [3.63, 3.8) is 0 Å². The van der Waals surface area contributed by atoms with Crippen LogP contribution in [-0.4, -0.2) is 44.2 Å². The molecule has 0 radical (unpaired) electrons. The number of H-pyrrole nitrogens is 1. The average Bonchev–Trinajstić information content (AvgIpc) is 3.36. The van der Waals surface area contributed by atoms with Gasteiger partial charge in [-0.15, -0.1) is 0 Å². The number of piperidine rings is 1. The minimum absolute atomic E-state index is 0.0689. The maximum atomic E-state index is 13.4. The Labute approximate surface area is 163 Å². The molecule has 1 aliphatic heterocycles. The van der Waals surface area contributed by atoms with E-state index in [4.69, 9.17) is 4.52 Å². The number of rotatable bonds is 4. The summed E-state index contributed by atoms with van der Waals surface area (Å²) in [7, 11) is 0. The SMILES string of the molecule is CCc1cn[nH]c1C1CCN(C(=O)c2cc(C3CC3)nc3onc(C)c23)CC1. The molecule has 0 unspecified atom stereocenters. The van der Waals surface area contributed by atoms with Crippen molar-refractivity contribution in [1.29, 1.82) is 0 Å². The van der Waals surface area contributed by atoms with Crippen LogP contribution in [0.2, 0.25) is 0 Å². The smallest absolute Gasteiger partial charge is 0.259 e. The van der Waals surface area contributed by atoms with Gasteiger partial charge in [-0.25, -0.2) is 4.98 Å². The number of likely N-dealkylation sites (tertiary alicyclic amines) is 1. The van der Waals surface area contributed by atoms with Crippen LogP contribution in [0.4, 0.5) is 0 Å². The highest BCUT2D eigenvalue weighted by Gasteiger charge is 2.31. The first-order chi connectivity index (χ1) is 13.7. The van der Waals surface area contributed by atoms with E-state index in [2.05, 4.69) is 27.3 Å². The summed E-state index contributed by atoms with van der Waals surface area (Å²) < 4.78 is 5.39. The minimum Gasteiger partial charge on any atom is -0.339 e. The number of carbonyl (C=O) groups excluding carboxylic acids is 1. The molecule has 28 heavy (non-hydrogen) atoms. The van der Waals surface area contributed by atoms with Gasteiger partial charge in [-0.05, 0) is 50.7 Å². The standard InChI is InChI=1S/C21H25N5O2/c1-3-13-11-22-24-19(13)15-6-8-26(9-7-15)21(27)16-10-17(14-4-5-14)23-20-18(16)12(2)25-28-20/h10-11,14-15H,3-9H2,1-2H3,(H,22,24). The van der Waals surface area contributed by atoms with Crippen LogP contribution in [0, 0.1) is 6.92 Å². The van der Waals surface area contributed by atoms with Crippen LogP contribution in [0.3, 0.4) is 0 Å². The Balaban J connectivity index is 1.39. The highest BCUT2D eigenvalue weighted by molar-refractivity contribution is 6.06. The number of hydrogen-bond donors (Lipinski definition) is 1. The van der Waals surface area contributed by atoms with Crippen molar-refractivity contribution in [2.45, 2.75) is 57.8 Å². The summed E-state index contributed by atoms with van der Waals surface area (Å²) in [5.74, 6) is 0.970. The molecule has 1 saturated heterocycles. The van der Waals surface area contributed by atoms with Crippen LogP contribution in [-0.2, 0) is 6.42 Å². The fourth-order valence-corrected chi connectivity index (χ4v) is 4.37. The van der Waals surface area contributed by atoms with Gasteiger partial charge in [-0.1, -0.05) is 12.1 Å². The van der Waals surface area contributed by atoms with Crippen LogP contribution in [0.5, 0.6) is 0 Å². The lowest BCUT2D eigenvalue weighted by atomic mass is 9.90. The predicted molar refractivity (Wildman–Crippen MR) is 104 cm³/mol. The molecule has 146 valence electrons. The lowest BCUT2D eigenvalue weighted by molar-refractivity contribution is 0.0713. The molecule has 1 amide bonds. The van der Waals surface area contributed by atoms with Crippen molar-refractivity contribution in [3.05, 3.63) is 40.5 Å². The third-order valence-electron chi connectivity index (χ3n) is 6.19. The van der Waals surface area contributed by atoms with E-state index >= 15 is 0 Å². The molecular formula is C21H25N5O2. The number of aryl methyl sites for hydroxylation is 2. The fraction of sp³-hybridized carbons (Fsp3) is 0.524. The summed E-state index contributed by atoms with van der Waals surface area (Å²) in [6, 6.07) is 1.97. The number of aromatic amines is 1. The van der Waals surface area contributed by atoms with Gasteiger partial charge < -0.3 is 9.42 Å². The molecule has 4 heterocycles. The van der Waals surface area contributed by atoms with Gasteiger partial charge in [-0.3, -0.25) is 9.89 Å².